The van der Waals surface area contributed by atoms with E-state index in [1.54, 1.807) is 37.3 Å². The number of hydrogen-bond donors (Lipinski definition) is 0. The van der Waals surface area contributed by atoms with Crippen LogP contribution in [0.2, 0.25) is 0 Å². The molecule has 1 aromatic heterocycles. The predicted molar refractivity (Wildman–Crippen MR) is 115 cm³/mol. The summed E-state index contributed by atoms with van der Waals surface area (Å²) in [5.41, 5.74) is -0.285. The van der Waals surface area contributed by atoms with Gasteiger partial charge in [0.2, 0.25) is 0 Å². The van der Waals surface area contributed by atoms with Gasteiger partial charge < -0.3 is 9.47 Å². The molecule has 0 aliphatic heterocycles. The Morgan fingerprint density at radius 2 is 1.70 bits per heavy atom. The molecule has 0 spiro atoms. The Balaban J connectivity index is 1.88. The molecule has 2 aromatic carbocycles. The lowest BCUT2D eigenvalue weighted by Crippen LogP contribution is -2.11. The van der Waals surface area contributed by atoms with Crippen molar-refractivity contribution in [2.75, 3.05) is 6.61 Å². The van der Waals surface area contributed by atoms with E-state index in [0.29, 0.717) is 10.4 Å². The van der Waals surface area contributed by atoms with Crippen LogP contribution in [0.5, 0.6) is 5.75 Å². The maximum atomic E-state index is 14.5. The fourth-order valence-corrected chi connectivity index (χ4v) is 4.63. The van der Waals surface area contributed by atoms with E-state index in [0.717, 1.165) is 23.5 Å². The van der Waals surface area contributed by atoms with Crippen molar-refractivity contribution in [2.24, 2.45) is 0 Å². The second-order valence-electron chi connectivity index (χ2n) is 7.19. The van der Waals surface area contributed by atoms with Gasteiger partial charge in [0.05, 0.1) is 12.2 Å². The summed E-state index contributed by atoms with van der Waals surface area (Å²) in [5.74, 6) is -3.39. The van der Waals surface area contributed by atoms with Gasteiger partial charge in [0.15, 0.2) is 17.4 Å². The first-order valence-electron chi connectivity index (χ1n) is 10.1. The van der Waals surface area contributed by atoms with Crippen LogP contribution in [-0.4, -0.2) is 12.6 Å². The number of carbonyl (C=O) groups is 1. The van der Waals surface area contributed by atoms with Gasteiger partial charge in [-0.05, 0) is 43.5 Å². The van der Waals surface area contributed by atoms with Gasteiger partial charge in [0.1, 0.15) is 6.61 Å². The molecule has 0 radical (unpaired) electrons. The Bertz CT molecular complexity index is 1100. The third-order valence-electron chi connectivity index (χ3n) is 4.84. The summed E-state index contributed by atoms with van der Waals surface area (Å²) in [6, 6.07) is 10.4. The summed E-state index contributed by atoms with van der Waals surface area (Å²) < 4.78 is 80.4. The van der Waals surface area contributed by atoms with Crippen LogP contribution in [0.25, 0.3) is 10.4 Å². The Kier molecular flexibility index (Phi) is 7.73. The van der Waals surface area contributed by atoms with Gasteiger partial charge in [0.25, 0.3) is 0 Å². The SMILES string of the molecule is CCOC(=O)CCc1cc(F)c(OCc2c(-c3ccccc3)sc(C)c2C(F)(F)F)c(F)c1. The highest BCUT2D eigenvalue weighted by molar-refractivity contribution is 7.15. The minimum absolute atomic E-state index is 0.0372. The lowest BCUT2D eigenvalue weighted by Gasteiger charge is -2.14. The van der Waals surface area contributed by atoms with Gasteiger partial charge in [-0.1, -0.05) is 30.3 Å². The first kappa shape index (κ1) is 24.7. The molecule has 0 aliphatic carbocycles. The molecule has 0 N–H and O–H groups in total. The third-order valence-corrected chi connectivity index (χ3v) is 6.04. The van der Waals surface area contributed by atoms with Gasteiger partial charge in [-0.15, -0.1) is 11.3 Å². The molecule has 176 valence electrons. The van der Waals surface area contributed by atoms with Crippen LogP contribution in [0, 0.1) is 18.6 Å². The molecule has 1 heterocycles. The highest BCUT2D eigenvalue weighted by atomic mass is 32.1. The normalized spacial score (nSPS) is 11.5. The van der Waals surface area contributed by atoms with E-state index in [4.69, 9.17) is 9.47 Å². The lowest BCUT2D eigenvalue weighted by atomic mass is 10.0. The van der Waals surface area contributed by atoms with Gasteiger partial charge >= 0.3 is 12.1 Å². The van der Waals surface area contributed by atoms with E-state index in [1.165, 1.54) is 6.92 Å². The molecule has 3 rings (SSSR count). The Hall–Kier alpha value is -2.94. The highest BCUT2D eigenvalue weighted by Gasteiger charge is 2.38. The molecule has 0 atom stereocenters. The molecule has 33 heavy (non-hydrogen) atoms. The largest absolute Gasteiger partial charge is 0.483 e. The zero-order valence-electron chi connectivity index (χ0n) is 17.9. The summed E-state index contributed by atoms with van der Waals surface area (Å²) in [6.45, 7) is 2.52. The maximum Gasteiger partial charge on any atom is 0.417 e. The molecule has 0 unspecified atom stereocenters. The average Bonchev–Trinajstić information content (AvgIpc) is 3.09. The van der Waals surface area contributed by atoms with E-state index in [9.17, 15) is 26.7 Å². The van der Waals surface area contributed by atoms with Crippen LogP contribution >= 0.6 is 11.3 Å². The van der Waals surface area contributed by atoms with Crippen LogP contribution in [-0.2, 0) is 28.7 Å². The fourth-order valence-electron chi connectivity index (χ4n) is 3.44. The average molecular weight is 484 g/mol. The number of esters is 1. The molecule has 3 aromatic rings. The highest BCUT2D eigenvalue weighted by Crippen LogP contribution is 2.45. The number of alkyl halides is 3. The van der Waals surface area contributed by atoms with Crippen molar-refractivity contribution in [3.63, 3.8) is 0 Å². The first-order chi connectivity index (χ1) is 15.6. The summed E-state index contributed by atoms with van der Waals surface area (Å²) >= 11 is 0.949. The Morgan fingerprint density at radius 3 is 2.27 bits per heavy atom. The van der Waals surface area contributed by atoms with E-state index < -0.39 is 41.7 Å². The summed E-state index contributed by atoms with van der Waals surface area (Å²) in [4.78, 5) is 11.8. The quantitative estimate of drug-likeness (QED) is 0.253. The number of aryl methyl sites for hydroxylation is 2. The van der Waals surface area contributed by atoms with Crippen molar-refractivity contribution < 1.29 is 36.2 Å². The van der Waals surface area contributed by atoms with E-state index in [1.807, 2.05) is 0 Å². The molecule has 0 saturated heterocycles. The smallest absolute Gasteiger partial charge is 0.417 e. The van der Waals surface area contributed by atoms with Crippen LogP contribution in [0.1, 0.15) is 34.9 Å². The van der Waals surface area contributed by atoms with Crippen molar-refractivity contribution in [1.82, 2.24) is 0 Å². The van der Waals surface area contributed by atoms with Crippen molar-refractivity contribution in [1.29, 1.82) is 0 Å². The number of hydrogen-bond acceptors (Lipinski definition) is 4. The zero-order chi connectivity index (χ0) is 24.2. The molecule has 0 fully saturated rings. The monoisotopic (exact) mass is 484 g/mol. The Morgan fingerprint density at radius 1 is 1.06 bits per heavy atom. The second kappa shape index (κ2) is 10.3. The molecular weight excluding hydrogens is 463 g/mol. The molecular formula is C24H21F5O3S. The lowest BCUT2D eigenvalue weighted by molar-refractivity contribution is -0.143. The minimum atomic E-state index is -4.65. The molecule has 9 heteroatoms. The second-order valence-corrected chi connectivity index (χ2v) is 8.41. The van der Waals surface area contributed by atoms with Crippen LogP contribution in [0.3, 0.4) is 0 Å². The molecule has 0 amide bonds. The number of halogens is 5. The van der Waals surface area contributed by atoms with E-state index in [-0.39, 0.29) is 35.5 Å². The van der Waals surface area contributed by atoms with E-state index >= 15 is 0 Å². The summed E-state index contributed by atoms with van der Waals surface area (Å²) in [5, 5.41) is 0. The van der Waals surface area contributed by atoms with E-state index in [2.05, 4.69) is 0 Å². The van der Waals surface area contributed by atoms with Crippen LogP contribution in [0.15, 0.2) is 42.5 Å². The number of carbonyl (C=O) groups excluding carboxylic acids is 1. The summed E-state index contributed by atoms with van der Waals surface area (Å²) in [6.07, 6.45) is -4.66. The molecule has 0 bridgehead atoms. The third kappa shape index (κ3) is 5.90. The number of rotatable bonds is 8. The first-order valence-corrected chi connectivity index (χ1v) is 10.9. The fraction of sp³-hybridized carbons (Fsp3) is 0.292. The number of thiophene rings is 1. The van der Waals surface area contributed by atoms with Crippen molar-refractivity contribution in [3.05, 3.63) is 75.7 Å². The van der Waals surface area contributed by atoms with Crippen LogP contribution < -0.4 is 4.74 Å². The maximum absolute atomic E-state index is 14.5. The van der Waals surface area contributed by atoms with Gasteiger partial charge in [-0.2, -0.15) is 13.2 Å². The van der Waals surface area contributed by atoms with Gasteiger partial charge in [-0.25, -0.2) is 8.78 Å². The molecule has 0 saturated carbocycles. The standard InChI is InChI=1S/C24H21F5O3S/c1-3-31-20(30)10-9-15-11-18(25)22(19(26)12-15)32-13-17-21(24(27,28)29)14(2)33-23(17)16-7-5-4-6-8-16/h4-8,11-12H,3,9-10,13H2,1-2H3. The Labute approximate surface area is 191 Å². The van der Waals surface area contributed by atoms with Crippen molar-refractivity contribution >= 4 is 17.3 Å². The minimum Gasteiger partial charge on any atom is -0.483 e. The number of benzene rings is 2. The van der Waals surface area contributed by atoms with Crippen LogP contribution in [0.4, 0.5) is 22.0 Å². The zero-order valence-corrected chi connectivity index (χ0v) is 18.7. The molecule has 0 aliphatic rings. The summed E-state index contributed by atoms with van der Waals surface area (Å²) in [7, 11) is 0. The van der Waals surface area contributed by atoms with Crippen molar-refractivity contribution in [2.45, 2.75) is 39.5 Å². The van der Waals surface area contributed by atoms with Gasteiger partial charge in [0, 0.05) is 21.7 Å². The topological polar surface area (TPSA) is 35.5 Å². The number of ether oxygens (including phenoxy) is 2. The molecule has 3 nitrogen and oxygen atoms in total. The van der Waals surface area contributed by atoms with Gasteiger partial charge in [-0.3, -0.25) is 4.79 Å². The van der Waals surface area contributed by atoms with Crippen molar-refractivity contribution in [3.8, 4) is 16.2 Å². The predicted octanol–water partition coefficient (Wildman–Crippen LogP) is 7.10.